The Morgan fingerprint density at radius 1 is 1.03 bits per heavy atom. The molecule has 6 nitrogen and oxygen atoms in total. The van der Waals surface area contributed by atoms with Gasteiger partial charge in [0, 0.05) is 12.0 Å². The highest BCUT2D eigenvalue weighted by atomic mass is 19.1. The molecule has 1 fully saturated rings. The smallest absolute Gasteiger partial charge is 0.178 e. The number of pyridine rings is 1. The number of benzene rings is 2. The van der Waals surface area contributed by atoms with Crippen LogP contribution in [0.25, 0.3) is 11.2 Å². The van der Waals surface area contributed by atoms with Crippen LogP contribution in [0.1, 0.15) is 60.6 Å². The Bertz CT molecular complexity index is 1200. The van der Waals surface area contributed by atoms with Gasteiger partial charge in [-0.3, -0.25) is 0 Å². The van der Waals surface area contributed by atoms with E-state index < -0.39 is 0 Å². The van der Waals surface area contributed by atoms with E-state index in [4.69, 9.17) is 5.73 Å². The van der Waals surface area contributed by atoms with Crippen LogP contribution in [-0.4, -0.2) is 33.0 Å². The number of rotatable bonds is 7. The Labute approximate surface area is 192 Å². The largest absolute Gasteiger partial charge is 0.384 e. The second-order valence-corrected chi connectivity index (χ2v) is 8.95. The molecule has 5 rings (SSSR count). The van der Waals surface area contributed by atoms with Crippen LogP contribution in [0.5, 0.6) is 0 Å². The molecular formula is C26H29FN6. The predicted molar refractivity (Wildman–Crippen MR) is 128 cm³/mol. The highest BCUT2D eigenvalue weighted by molar-refractivity contribution is 5.77. The second kappa shape index (κ2) is 9.67. The molecule has 2 aromatic heterocycles. The first-order valence-corrected chi connectivity index (χ1v) is 11.7. The Morgan fingerprint density at radius 2 is 1.85 bits per heavy atom. The molecule has 0 bridgehead atoms. The molecule has 1 unspecified atom stereocenters. The lowest BCUT2D eigenvalue weighted by Gasteiger charge is -2.30. The molecule has 0 amide bonds. The van der Waals surface area contributed by atoms with Crippen LogP contribution in [0.15, 0.2) is 60.7 Å². The van der Waals surface area contributed by atoms with Gasteiger partial charge in [-0.15, -0.1) is 5.10 Å². The van der Waals surface area contributed by atoms with E-state index in [2.05, 4.69) is 56.0 Å². The Balaban J connectivity index is 1.28. The Morgan fingerprint density at radius 3 is 2.64 bits per heavy atom. The van der Waals surface area contributed by atoms with Gasteiger partial charge in [0.25, 0.3) is 0 Å². The van der Waals surface area contributed by atoms with E-state index in [1.54, 1.807) is 12.1 Å². The first kappa shape index (κ1) is 21.5. The van der Waals surface area contributed by atoms with Crippen LogP contribution in [-0.2, 0) is 0 Å². The summed E-state index contributed by atoms with van der Waals surface area (Å²) in [6, 6.07) is 19.9. The maximum atomic E-state index is 14.1. The minimum Gasteiger partial charge on any atom is -0.384 e. The van der Waals surface area contributed by atoms with Gasteiger partial charge in [-0.25, -0.2) is 14.5 Å². The Hall–Kier alpha value is -3.32. The highest BCUT2D eigenvalue weighted by Gasteiger charge is 2.24. The van der Waals surface area contributed by atoms with Crippen LogP contribution >= 0.6 is 0 Å². The van der Waals surface area contributed by atoms with Crippen LogP contribution in [0.3, 0.4) is 0 Å². The Kier molecular flexibility index (Phi) is 6.30. The lowest BCUT2D eigenvalue weighted by molar-refractivity contribution is 0.340. The average molecular weight is 445 g/mol. The number of anilines is 1. The SMILES string of the molecule is Nc1cc(C(CCN[C@H]2CC[C@H](c3ccccc3)CC2)c2cccc(F)c2)c2nn[nH]c2n1. The summed E-state index contributed by atoms with van der Waals surface area (Å²) in [5, 5.41) is 14.7. The topological polar surface area (TPSA) is 92.5 Å². The van der Waals surface area contributed by atoms with Crippen molar-refractivity contribution in [3.05, 3.63) is 83.2 Å². The number of nitrogen functional groups attached to an aromatic ring is 1. The number of nitrogens with zero attached hydrogens (tertiary/aromatic N) is 3. The molecule has 170 valence electrons. The molecular weight excluding hydrogens is 415 g/mol. The van der Waals surface area contributed by atoms with E-state index in [0.717, 1.165) is 24.1 Å². The molecule has 2 heterocycles. The first-order chi connectivity index (χ1) is 16.2. The number of aromatic nitrogens is 4. The lowest BCUT2D eigenvalue weighted by atomic mass is 9.81. The normalized spacial score (nSPS) is 19.5. The zero-order valence-corrected chi connectivity index (χ0v) is 18.5. The third-order valence-corrected chi connectivity index (χ3v) is 6.84. The van der Waals surface area contributed by atoms with Crippen LogP contribution in [0.2, 0.25) is 0 Å². The monoisotopic (exact) mass is 444 g/mol. The van der Waals surface area contributed by atoms with Crippen molar-refractivity contribution in [3.8, 4) is 0 Å². The molecule has 4 aromatic rings. The zero-order chi connectivity index (χ0) is 22.6. The third kappa shape index (κ3) is 4.88. The molecule has 2 aromatic carbocycles. The molecule has 33 heavy (non-hydrogen) atoms. The molecule has 0 spiro atoms. The van der Waals surface area contributed by atoms with Gasteiger partial charge in [0.2, 0.25) is 0 Å². The lowest BCUT2D eigenvalue weighted by Crippen LogP contribution is -2.34. The van der Waals surface area contributed by atoms with Gasteiger partial charge < -0.3 is 11.1 Å². The number of hydrogen-bond donors (Lipinski definition) is 3. The number of halogens is 1. The summed E-state index contributed by atoms with van der Waals surface area (Å²) < 4.78 is 14.1. The van der Waals surface area contributed by atoms with Crippen molar-refractivity contribution >= 4 is 17.0 Å². The quantitative estimate of drug-likeness (QED) is 0.377. The number of nitrogens with one attached hydrogen (secondary N) is 2. The third-order valence-electron chi connectivity index (χ3n) is 6.84. The molecule has 1 aliphatic carbocycles. The van der Waals surface area contributed by atoms with E-state index in [1.165, 1.54) is 37.3 Å². The van der Waals surface area contributed by atoms with Crippen molar-refractivity contribution in [1.29, 1.82) is 0 Å². The summed E-state index contributed by atoms with van der Waals surface area (Å²) in [5.74, 6) is 0.747. The first-order valence-electron chi connectivity index (χ1n) is 11.7. The fraction of sp³-hybridized carbons (Fsp3) is 0.346. The van der Waals surface area contributed by atoms with Crippen LogP contribution in [0, 0.1) is 5.82 Å². The van der Waals surface area contributed by atoms with Crippen molar-refractivity contribution < 1.29 is 4.39 Å². The summed E-state index contributed by atoms with van der Waals surface area (Å²) in [5.41, 5.74) is 10.6. The molecule has 0 radical (unpaired) electrons. The highest BCUT2D eigenvalue weighted by Crippen LogP contribution is 2.34. The molecule has 0 saturated heterocycles. The number of H-pyrrole nitrogens is 1. The van der Waals surface area contributed by atoms with E-state index in [0.29, 0.717) is 28.9 Å². The van der Waals surface area contributed by atoms with Crippen LogP contribution in [0.4, 0.5) is 10.2 Å². The summed E-state index contributed by atoms with van der Waals surface area (Å²) in [4.78, 5) is 4.28. The number of hydrogen-bond acceptors (Lipinski definition) is 5. The second-order valence-electron chi connectivity index (χ2n) is 8.95. The minimum absolute atomic E-state index is 0.0632. The van der Waals surface area contributed by atoms with Crippen molar-refractivity contribution in [2.45, 2.75) is 50.0 Å². The molecule has 1 atom stereocenters. The van der Waals surface area contributed by atoms with E-state index in [1.807, 2.05) is 12.1 Å². The molecule has 1 saturated carbocycles. The number of aromatic amines is 1. The van der Waals surface area contributed by atoms with Gasteiger partial charge in [-0.2, -0.15) is 0 Å². The van der Waals surface area contributed by atoms with Gasteiger partial charge >= 0.3 is 0 Å². The predicted octanol–water partition coefficient (Wildman–Crippen LogP) is 4.91. The van der Waals surface area contributed by atoms with Gasteiger partial charge in [0.05, 0.1) is 0 Å². The van der Waals surface area contributed by atoms with Crippen molar-refractivity contribution in [2.75, 3.05) is 12.3 Å². The number of fused-ring (bicyclic) bond motifs is 1. The minimum atomic E-state index is -0.247. The van der Waals surface area contributed by atoms with Gasteiger partial charge in [-0.05, 0) is 79.5 Å². The molecule has 1 aliphatic rings. The van der Waals surface area contributed by atoms with Gasteiger partial charge in [0.1, 0.15) is 17.2 Å². The summed E-state index contributed by atoms with van der Waals surface area (Å²) in [6.45, 7) is 0.823. The van der Waals surface area contributed by atoms with E-state index in [-0.39, 0.29) is 11.7 Å². The van der Waals surface area contributed by atoms with E-state index >= 15 is 0 Å². The molecule has 4 N–H and O–H groups in total. The summed E-state index contributed by atoms with van der Waals surface area (Å²) in [6.07, 6.45) is 5.54. The molecule has 0 aliphatic heterocycles. The maximum Gasteiger partial charge on any atom is 0.178 e. The van der Waals surface area contributed by atoms with Gasteiger partial charge in [-0.1, -0.05) is 47.7 Å². The summed E-state index contributed by atoms with van der Waals surface area (Å²) in [7, 11) is 0. The van der Waals surface area contributed by atoms with Crippen molar-refractivity contribution in [1.82, 2.24) is 25.7 Å². The average Bonchev–Trinajstić information content (AvgIpc) is 3.31. The maximum absolute atomic E-state index is 14.1. The standard InChI is InChI=1S/C26H29FN6/c27-20-8-4-7-19(15-20)22(23-16-24(28)30-26-25(23)31-33-32-26)13-14-29-21-11-9-18(10-12-21)17-5-2-1-3-6-17/h1-8,15-16,18,21-22,29H,9-14H2,(H3,28,30,31,32,33)/t18-,21-,22?. The fourth-order valence-corrected chi connectivity index (χ4v) is 5.16. The van der Waals surface area contributed by atoms with Crippen molar-refractivity contribution in [2.24, 2.45) is 0 Å². The van der Waals surface area contributed by atoms with Gasteiger partial charge in [0.15, 0.2) is 5.65 Å². The van der Waals surface area contributed by atoms with Crippen molar-refractivity contribution in [3.63, 3.8) is 0 Å². The number of nitrogens with two attached hydrogens (primary N) is 1. The van der Waals surface area contributed by atoms with E-state index in [9.17, 15) is 4.39 Å². The summed E-state index contributed by atoms with van der Waals surface area (Å²) >= 11 is 0. The fourth-order valence-electron chi connectivity index (χ4n) is 5.16. The van der Waals surface area contributed by atoms with Crippen LogP contribution < -0.4 is 11.1 Å². The molecule has 7 heteroatoms. The zero-order valence-electron chi connectivity index (χ0n) is 18.5.